The van der Waals surface area contributed by atoms with E-state index in [0.717, 1.165) is 19.4 Å². The van der Waals surface area contributed by atoms with Gasteiger partial charge in [0.2, 0.25) is 11.8 Å². The van der Waals surface area contributed by atoms with Crippen LogP contribution in [0.2, 0.25) is 0 Å². The zero-order chi connectivity index (χ0) is 14.3. The van der Waals surface area contributed by atoms with E-state index < -0.39 is 4.92 Å². The molecule has 19 heavy (non-hydrogen) atoms. The molecule has 0 aliphatic heterocycles. The van der Waals surface area contributed by atoms with Crippen molar-refractivity contribution in [2.24, 2.45) is 0 Å². The van der Waals surface area contributed by atoms with Gasteiger partial charge in [0.15, 0.2) is 0 Å². The van der Waals surface area contributed by atoms with Gasteiger partial charge < -0.3 is 15.5 Å². The Morgan fingerprint density at radius 2 is 2.16 bits per heavy atom. The zero-order valence-corrected chi connectivity index (χ0v) is 11.5. The van der Waals surface area contributed by atoms with Gasteiger partial charge in [-0.2, -0.15) is 4.98 Å². The van der Waals surface area contributed by atoms with E-state index in [0.29, 0.717) is 12.5 Å². The first-order valence-electron chi connectivity index (χ1n) is 6.12. The van der Waals surface area contributed by atoms with Gasteiger partial charge in [0.1, 0.15) is 6.20 Å². The van der Waals surface area contributed by atoms with Gasteiger partial charge in [-0.05, 0) is 33.5 Å². The van der Waals surface area contributed by atoms with E-state index in [1.165, 1.54) is 6.20 Å². The first kappa shape index (κ1) is 15.1. The number of unbranched alkanes of at least 4 members (excludes halogenated alkanes) is 1. The lowest BCUT2D eigenvalue weighted by Crippen LogP contribution is -2.14. The molecule has 1 heterocycles. The predicted octanol–water partition coefficient (Wildman–Crippen LogP) is 1.18. The number of anilines is 2. The first-order chi connectivity index (χ1) is 9.04. The quantitative estimate of drug-likeness (QED) is 0.415. The maximum atomic E-state index is 10.9. The minimum Gasteiger partial charge on any atom is -0.364 e. The van der Waals surface area contributed by atoms with E-state index in [1.54, 1.807) is 7.05 Å². The van der Waals surface area contributed by atoms with Crippen LogP contribution in [-0.4, -0.2) is 54.0 Å². The highest BCUT2D eigenvalue weighted by Gasteiger charge is 2.16. The van der Waals surface area contributed by atoms with Crippen LogP contribution in [-0.2, 0) is 0 Å². The average Bonchev–Trinajstić information content (AvgIpc) is 2.37. The summed E-state index contributed by atoms with van der Waals surface area (Å²) in [7, 11) is 5.70. The van der Waals surface area contributed by atoms with Gasteiger partial charge in [-0.1, -0.05) is 0 Å². The lowest BCUT2D eigenvalue weighted by molar-refractivity contribution is -0.384. The summed E-state index contributed by atoms with van der Waals surface area (Å²) in [5, 5.41) is 16.6. The SMILES string of the molecule is CNc1ncc([N+](=O)[O-])c(NCCCCN(C)C)n1. The van der Waals surface area contributed by atoms with Crippen LogP contribution in [0.15, 0.2) is 6.20 Å². The maximum Gasteiger partial charge on any atom is 0.329 e. The van der Waals surface area contributed by atoms with Crippen LogP contribution in [0.5, 0.6) is 0 Å². The van der Waals surface area contributed by atoms with Crippen molar-refractivity contribution < 1.29 is 4.92 Å². The molecule has 0 radical (unpaired) electrons. The third-order valence-corrected chi connectivity index (χ3v) is 2.51. The monoisotopic (exact) mass is 268 g/mol. The van der Waals surface area contributed by atoms with Crippen LogP contribution in [0.1, 0.15) is 12.8 Å². The van der Waals surface area contributed by atoms with E-state index in [2.05, 4.69) is 25.5 Å². The molecule has 0 amide bonds. The van der Waals surface area contributed by atoms with Gasteiger partial charge in [-0.25, -0.2) is 4.98 Å². The Balaban J connectivity index is 2.57. The average molecular weight is 268 g/mol. The van der Waals surface area contributed by atoms with Gasteiger partial charge in [0.25, 0.3) is 0 Å². The molecule has 8 nitrogen and oxygen atoms in total. The van der Waals surface area contributed by atoms with Crippen LogP contribution >= 0.6 is 0 Å². The van der Waals surface area contributed by atoms with Crippen molar-refractivity contribution >= 4 is 17.5 Å². The van der Waals surface area contributed by atoms with E-state index in [-0.39, 0.29) is 11.5 Å². The van der Waals surface area contributed by atoms with E-state index in [1.807, 2.05) is 14.1 Å². The molecule has 0 aliphatic carbocycles. The van der Waals surface area contributed by atoms with Crippen LogP contribution in [0.4, 0.5) is 17.5 Å². The van der Waals surface area contributed by atoms with Crippen molar-refractivity contribution in [2.45, 2.75) is 12.8 Å². The second-order valence-corrected chi connectivity index (χ2v) is 4.37. The number of rotatable bonds is 8. The molecule has 1 rings (SSSR count). The van der Waals surface area contributed by atoms with Gasteiger partial charge in [0, 0.05) is 13.6 Å². The Labute approximate surface area is 112 Å². The number of nitro groups is 1. The topological polar surface area (TPSA) is 96.2 Å². The molecule has 0 unspecified atom stereocenters. The Morgan fingerprint density at radius 1 is 1.42 bits per heavy atom. The van der Waals surface area contributed by atoms with Crippen LogP contribution in [0.3, 0.4) is 0 Å². The van der Waals surface area contributed by atoms with Gasteiger partial charge >= 0.3 is 5.69 Å². The second-order valence-electron chi connectivity index (χ2n) is 4.37. The molecule has 1 aromatic heterocycles. The van der Waals surface area contributed by atoms with E-state index in [9.17, 15) is 10.1 Å². The number of hydrogen-bond donors (Lipinski definition) is 2. The molecule has 0 saturated heterocycles. The third-order valence-electron chi connectivity index (χ3n) is 2.51. The van der Waals surface area contributed by atoms with E-state index >= 15 is 0 Å². The van der Waals surface area contributed by atoms with Crippen molar-refractivity contribution in [1.82, 2.24) is 14.9 Å². The molecule has 8 heteroatoms. The molecular formula is C11H20N6O2. The molecule has 0 spiro atoms. The molecule has 0 bridgehead atoms. The zero-order valence-electron chi connectivity index (χ0n) is 11.5. The normalized spacial score (nSPS) is 10.5. The Morgan fingerprint density at radius 3 is 2.74 bits per heavy atom. The van der Waals surface area contributed by atoms with Crippen molar-refractivity contribution in [3.63, 3.8) is 0 Å². The summed E-state index contributed by atoms with van der Waals surface area (Å²) in [6, 6.07) is 0. The summed E-state index contributed by atoms with van der Waals surface area (Å²) in [6.07, 6.45) is 3.16. The third kappa shape index (κ3) is 5.04. The fraction of sp³-hybridized carbons (Fsp3) is 0.636. The van der Waals surface area contributed by atoms with Crippen molar-refractivity contribution in [1.29, 1.82) is 0 Å². The molecule has 0 fully saturated rings. The summed E-state index contributed by atoms with van der Waals surface area (Å²) < 4.78 is 0. The van der Waals surface area contributed by atoms with Crippen LogP contribution < -0.4 is 10.6 Å². The van der Waals surface area contributed by atoms with Crippen molar-refractivity contribution in [3.05, 3.63) is 16.3 Å². The number of aromatic nitrogens is 2. The molecular weight excluding hydrogens is 248 g/mol. The summed E-state index contributed by atoms with van der Waals surface area (Å²) >= 11 is 0. The number of nitrogens with one attached hydrogen (secondary N) is 2. The highest BCUT2D eigenvalue weighted by molar-refractivity contribution is 5.56. The van der Waals surface area contributed by atoms with Gasteiger partial charge in [-0.15, -0.1) is 0 Å². The summed E-state index contributed by atoms with van der Waals surface area (Å²) in [5.74, 6) is 0.621. The fourth-order valence-corrected chi connectivity index (χ4v) is 1.52. The smallest absolute Gasteiger partial charge is 0.329 e. The minimum absolute atomic E-state index is 0.105. The molecule has 0 atom stereocenters. The summed E-state index contributed by atoms with van der Waals surface area (Å²) in [6.45, 7) is 1.64. The highest BCUT2D eigenvalue weighted by atomic mass is 16.6. The fourth-order valence-electron chi connectivity index (χ4n) is 1.52. The molecule has 0 aliphatic rings. The Hall–Kier alpha value is -1.96. The number of nitrogens with zero attached hydrogens (tertiary/aromatic N) is 4. The molecule has 2 N–H and O–H groups in total. The largest absolute Gasteiger partial charge is 0.364 e. The van der Waals surface area contributed by atoms with Crippen molar-refractivity contribution in [2.75, 3.05) is 44.9 Å². The van der Waals surface area contributed by atoms with Crippen LogP contribution in [0.25, 0.3) is 0 Å². The van der Waals surface area contributed by atoms with E-state index in [4.69, 9.17) is 0 Å². The Bertz CT molecular complexity index is 424. The number of hydrogen-bond acceptors (Lipinski definition) is 7. The summed E-state index contributed by atoms with van der Waals surface area (Å²) in [4.78, 5) is 20.4. The molecule has 0 aromatic carbocycles. The lowest BCUT2D eigenvalue weighted by atomic mass is 10.3. The second kappa shape index (κ2) is 7.47. The maximum absolute atomic E-state index is 10.9. The standard InChI is InChI=1S/C11H20N6O2/c1-12-11-14-8-9(17(18)19)10(15-11)13-6-4-5-7-16(2)3/h8H,4-7H2,1-3H3,(H2,12,13,14,15). The van der Waals surface area contributed by atoms with Gasteiger partial charge in [0.05, 0.1) is 4.92 Å². The predicted molar refractivity (Wildman–Crippen MR) is 74.5 cm³/mol. The Kier molecular flexibility index (Phi) is 5.94. The molecule has 1 aromatic rings. The van der Waals surface area contributed by atoms with Gasteiger partial charge in [-0.3, -0.25) is 10.1 Å². The van der Waals surface area contributed by atoms with Crippen LogP contribution in [0, 0.1) is 10.1 Å². The first-order valence-corrected chi connectivity index (χ1v) is 6.12. The molecule has 106 valence electrons. The van der Waals surface area contributed by atoms with Crippen molar-refractivity contribution in [3.8, 4) is 0 Å². The molecule has 0 saturated carbocycles. The summed E-state index contributed by atoms with van der Waals surface area (Å²) in [5.41, 5.74) is -0.105. The lowest BCUT2D eigenvalue weighted by Gasteiger charge is -2.10. The highest BCUT2D eigenvalue weighted by Crippen LogP contribution is 2.21. The minimum atomic E-state index is -0.485.